The zero-order valence-corrected chi connectivity index (χ0v) is 10.7. The Kier molecular flexibility index (Phi) is 4.70. The molecule has 7 heteroatoms. The molecule has 0 radical (unpaired) electrons. The normalized spacial score (nSPS) is 14.2. The predicted octanol–water partition coefficient (Wildman–Crippen LogP) is 0.0335. The van der Waals surface area contributed by atoms with Gasteiger partial charge in [0.1, 0.15) is 5.76 Å². The second-order valence-corrected chi connectivity index (χ2v) is 5.67. The first kappa shape index (κ1) is 14.2. The number of hydrogen-bond acceptors (Lipinski definition) is 5. The fourth-order valence-electron chi connectivity index (χ4n) is 1.35. The Morgan fingerprint density at radius 1 is 1.47 bits per heavy atom. The van der Waals surface area contributed by atoms with Crippen LogP contribution in [0, 0.1) is 5.92 Å². The Labute approximate surface area is 101 Å². The van der Waals surface area contributed by atoms with Crippen molar-refractivity contribution in [3.8, 4) is 0 Å². The van der Waals surface area contributed by atoms with E-state index >= 15 is 0 Å². The third-order valence-corrected chi connectivity index (χ3v) is 3.24. The highest BCUT2D eigenvalue weighted by Crippen LogP contribution is 2.12. The molecule has 1 rings (SSSR count). The second kappa shape index (κ2) is 5.63. The fourth-order valence-corrected chi connectivity index (χ4v) is 1.83. The smallest absolute Gasteiger partial charge is 0.271 e. The monoisotopic (exact) mass is 262 g/mol. The number of aliphatic hydroxyl groups is 1. The molecule has 0 saturated carbocycles. The molecule has 1 atom stereocenters. The number of sulfonamides is 1. The summed E-state index contributed by atoms with van der Waals surface area (Å²) in [7, 11) is -3.79. The number of nitrogens with two attached hydrogens (primary N) is 1. The second-order valence-electron chi connectivity index (χ2n) is 4.18. The molecule has 0 aliphatic carbocycles. The van der Waals surface area contributed by atoms with Crippen molar-refractivity contribution in [1.82, 2.24) is 5.32 Å². The zero-order chi connectivity index (χ0) is 13.1. The lowest BCUT2D eigenvalue weighted by Gasteiger charge is -2.18. The summed E-state index contributed by atoms with van der Waals surface area (Å²) >= 11 is 0. The van der Waals surface area contributed by atoms with Gasteiger partial charge in [0.15, 0.2) is 0 Å². The summed E-state index contributed by atoms with van der Waals surface area (Å²) < 4.78 is 27.0. The van der Waals surface area contributed by atoms with E-state index in [1.807, 2.05) is 13.8 Å². The van der Waals surface area contributed by atoms with Crippen LogP contribution in [0.1, 0.15) is 19.6 Å². The largest absolute Gasteiger partial charge is 0.447 e. The summed E-state index contributed by atoms with van der Waals surface area (Å²) in [5.41, 5.74) is 0. The SMILES string of the molecule is CC(C)C(CO)NCc1ccc(S(N)(=O)=O)o1. The lowest BCUT2D eigenvalue weighted by molar-refractivity contribution is 0.206. The molecule has 4 N–H and O–H groups in total. The van der Waals surface area contributed by atoms with Gasteiger partial charge in [-0.05, 0) is 18.1 Å². The van der Waals surface area contributed by atoms with Crippen LogP contribution in [-0.4, -0.2) is 26.2 Å². The molecule has 0 bridgehead atoms. The minimum Gasteiger partial charge on any atom is -0.447 e. The molecule has 0 aromatic carbocycles. The van der Waals surface area contributed by atoms with Gasteiger partial charge in [0, 0.05) is 6.04 Å². The average Bonchev–Trinajstić information content (AvgIpc) is 2.66. The van der Waals surface area contributed by atoms with Crippen molar-refractivity contribution < 1.29 is 17.9 Å². The van der Waals surface area contributed by atoms with Gasteiger partial charge in [-0.15, -0.1) is 0 Å². The van der Waals surface area contributed by atoms with E-state index in [0.29, 0.717) is 12.3 Å². The molecule has 0 amide bonds. The third kappa shape index (κ3) is 4.12. The minimum absolute atomic E-state index is 0.0143. The lowest BCUT2D eigenvalue weighted by Crippen LogP contribution is -2.36. The van der Waals surface area contributed by atoms with E-state index in [0.717, 1.165) is 0 Å². The number of rotatable bonds is 6. The Hall–Kier alpha value is -0.890. The summed E-state index contributed by atoms with van der Waals surface area (Å²) in [6.07, 6.45) is 0. The topological polar surface area (TPSA) is 106 Å². The Morgan fingerprint density at radius 3 is 2.53 bits per heavy atom. The van der Waals surface area contributed by atoms with Gasteiger partial charge in [-0.1, -0.05) is 13.8 Å². The van der Waals surface area contributed by atoms with E-state index in [2.05, 4.69) is 5.32 Å². The quantitative estimate of drug-likeness (QED) is 0.671. The highest BCUT2D eigenvalue weighted by atomic mass is 32.2. The van der Waals surface area contributed by atoms with Crippen LogP contribution in [0.5, 0.6) is 0 Å². The number of aliphatic hydroxyl groups excluding tert-OH is 1. The van der Waals surface area contributed by atoms with Crippen molar-refractivity contribution in [1.29, 1.82) is 0 Å². The van der Waals surface area contributed by atoms with Crippen molar-refractivity contribution in [3.63, 3.8) is 0 Å². The highest BCUT2D eigenvalue weighted by molar-refractivity contribution is 7.89. The van der Waals surface area contributed by atoms with Gasteiger partial charge in [0.25, 0.3) is 10.0 Å². The van der Waals surface area contributed by atoms with E-state index in [4.69, 9.17) is 14.7 Å². The van der Waals surface area contributed by atoms with Crippen LogP contribution >= 0.6 is 0 Å². The van der Waals surface area contributed by atoms with Crippen molar-refractivity contribution in [2.24, 2.45) is 11.1 Å². The summed E-state index contributed by atoms with van der Waals surface area (Å²) in [6, 6.07) is 2.80. The van der Waals surface area contributed by atoms with Gasteiger partial charge < -0.3 is 14.8 Å². The van der Waals surface area contributed by atoms with Crippen LogP contribution in [0.4, 0.5) is 0 Å². The number of primary sulfonamides is 1. The van der Waals surface area contributed by atoms with E-state index in [-0.39, 0.29) is 23.7 Å². The predicted molar refractivity (Wildman–Crippen MR) is 62.6 cm³/mol. The van der Waals surface area contributed by atoms with Gasteiger partial charge in [0.2, 0.25) is 5.09 Å². The van der Waals surface area contributed by atoms with Gasteiger partial charge in [0.05, 0.1) is 13.2 Å². The molecule has 98 valence electrons. The molecule has 0 aliphatic heterocycles. The molecule has 1 unspecified atom stereocenters. The molecule has 0 spiro atoms. The van der Waals surface area contributed by atoms with Gasteiger partial charge in [-0.25, -0.2) is 13.6 Å². The number of nitrogens with one attached hydrogen (secondary N) is 1. The third-order valence-electron chi connectivity index (χ3n) is 2.46. The summed E-state index contributed by atoms with van der Waals surface area (Å²) in [6.45, 7) is 4.32. The molecular weight excluding hydrogens is 244 g/mol. The van der Waals surface area contributed by atoms with Gasteiger partial charge >= 0.3 is 0 Å². The fraction of sp³-hybridized carbons (Fsp3) is 0.600. The van der Waals surface area contributed by atoms with Gasteiger partial charge in [-0.3, -0.25) is 0 Å². The van der Waals surface area contributed by atoms with Crippen molar-refractivity contribution in [2.75, 3.05) is 6.61 Å². The first-order valence-corrected chi connectivity index (χ1v) is 6.85. The Morgan fingerprint density at radius 2 is 2.12 bits per heavy atom. The van der Waals surface area contributed by atoms with Crippen LogP contribution in [0.15, 0.2) is 21.6 Å². The highest BCUT2D eigenvalue weighted by Gasteiger charge is 2.15. The van der Waals surface area contributed by atoms with Crippen molar-refractivity contribution >= 4 is 10.0 Å². The lowest BCUT2D eigenvalue weighted by atomic mass is 10.1. The standard InChI is InChI=1S/C10H18N2O4S/c1-7(2)9(6-13)12-5-8-3-4-10(16-8)17(11,14)15/h3-4,7,9,12-13H,5-6H2,1-2H3,(H2,11,14,15). The van der Waals surface area contributed by atoms with Gasteiger partial charge in [-0.2, -0.15) is 0 Å². The first-order chi connectivity index (χ1) is 7.84. The molecule has 1 aromatic rings. The van der Waals surface area contributed by atoms with Crippen LogP contribution in [0.3, 0.4) is 0 Å². The average molecular weight is 262 g/mol. The molecule has 0 saturated heterocycles. The minimum atomic E-state index is -3.79. The molecule has 17 heavy (non-hydrogen) atoms. The maximum absolute atomic E-state index is 11.0. The van der Waals surface area contributed by atoms with E-state index in [1.54, 1.807) is 6.07 Å². The Bertz CT molecular complexity index is 453. The molecule has 0 fully saturated rings. The molecule has 6 nitrogen and oxygen atoms in total. The first-order valence-electron chi connectivity index (χ1n) is 5.30. The van der Waals surface area contributed by atoms with E-state index < -0.39 is 10.0 Å². The van der Waals surface area contributed by atoms with Crippen LogP contribution in [-0.2, 0) is 16.6 Å². The van der Waals surface area contributed by atoms with E-state index in [9.17, 15) is 8.42 Å². The van der Waals surface area contributed by atoms with Crippen LogP contribution in [0.25, 0.3) is 0 Å². The van der Waals surface area contributed by atoms with Crippen molar-refractivity contribution in [2.45, 2.75) is 31.5 Å². The molecule has 1 aromatic heterocycles. The molecule has 0 aliphatic rings. The summed E-state index contributed by atoms with van der Waals surface area (Å²) in [5.74, 6) is 0.737. The van der Waals surface area contributed by atoms with E-state index in [1.165, 1.54) is 6.07 Å². The van der Waals surface area contributed by atoms with Crippen LogP contribution in [0.2, 0.25) is 0 Å². The summed E-state index contributed by atoms with van der Waals surface area (Å²) in [4.78, 5) is 0. The number of furan rings is 1. The number of hydrogen-bond donors (Lipinski definition) is 3. The Balaban J connectivity index is 2.62. The van der Waals surface area contributed by atoms with Crippen LogP contribution < -0.4 is 10.5 Å². The zero-order valence-electron chi connectivity index (χ0n) is 9.88. The van der Waals surface area contributed by atoms with Crippen molar-refractivity contribution in [3.05, 3.63) is 17.9 Å². The maximum atomic E-state index is 11.0. The maximum Gasteiger partial charge on any atom is 0.271 e. The molecule has 1 heterocycles. The molecular formula is C10H18N2O4S. The summed E-state index contributed by atoms with van der Waals surface area (Å²) in [5, 5.41) is 16.8.